The quantitative estimate of drug-likeness (QED) is 0.900. The molecule has 1 aliphatic carbocycles. The van der Waals surface area contributed by atoms with Crippen LogP contribution in [0.25, 0.3) is 0 Å². The van der Waals surface area contributed by atoms with Gasteiger partial charge in [-0.25, -0.2) is 4.98 Å². The molecule has 4 heteroatoms. The third-order valence-corrected chi connectivity index (χ3v) is 4.91. The molecule has 1 N–H and O–H groups in total. The van der Waals surface area contributed by atoms with E-state index in [1.165, 1.54) is 12.8 Å². The van der Waals surface area contributed by atoms with Crippen molar-refractivity contribution >= 4 is 0 Å². The van der Waals surface area contributed by atoms with Crippen molar-refractivity contribution in [2.45, 2.75) is 58.1 Å². The Balaban J connectivity index is 2.29. The average Bonchev–Trinajstić information content (AvgIpc) is 2.83. The van der Waals surface area contributed by atoms with E-state index in [4.69, 9.17) is 4.74 Å². The van der Waals surface area contributed by atoms with Gasteiger partial charge in [0.1, 0.15) is 5.82 Å². The lowest BCUT2D eigenvalue weighted by Crippen LogP contribution is -2.50. The molecule has 0 spiro atoms. The summed E-state index contributed by atoms with van der Waals surface area (Å²) < 4.78 is 8.15. The number of hydrogen-bond donors (Lipinski definition) is 1. The fraction of sp³-hybridized carbons (Fsp3) is 0.812. The molecule has 1 unspecified atom stereocenters. The minimum Gasteiger partial charge on any atom is -0.376 e. The molecule has 0 bridgehead atoms. The molecule has 1 fully saturated rings. The number of imidazole rings is 1. The topological polar surface area (TPSA) is 39.1 Å². The van der Waals surface area contributed by atoms with E-state index >= 15 is 0 Å². The molecule has 20 heavy (non-hydrogen) atoms. The number of ether oxygens (including phenoxy) is 1. The Kier molecular flexibility index (Phi) is 4.55. The highest BCUT2D eigenvalue weighted by Gasteiger charge is 2.46. The number of likely N-dealkylation sites (N-methyl/N-ethyl adjacent to an activating group) is 1. The Hall–Kier alpha value is -0.870. The van der Waals surface area contributed by atoms with E-state index in [-0.39, 0.29) is 11.6 Å². The van der Waals surface area contributed by atoms with Gasteiger partial charge in [0.2, 0.25) is 0 Å². The number of rotatable bonds is 5. The van der Waals surface area contributed by atoms with Crippen molar-refractivity contribution in [2.24, 2.45) is 12.5 Å². The second-order valence-corrected chi connectivity index (χ2v) is 6.82. The van der Waals surface area contributed by atoms with Gasteiger partial charge in [0.05, 0.1) is 11.6 Å². The monoisotopic (exact) mass is 279 g/mol. The van der Waals surface area contributed by atoms with Crippen LogP contribution < -0.4 is 5.32 Å². The van der Waals surface area contributed by atoms with Crippen LogP contribution in [0, 0.1) is 5.41 Å². The summed E-state index contributed by atoms with van der Waals surface area (Å²) in [5, 5.41) is 3.61. The van der Waals surface area contributed by atoms with Gasteiger partial charge in [0, 0.05) is 26.6 Å². The Morgan fingerprint density at radius 3 is 2.45 bits per heavy atom. The molecule has 1 atom stereocenters. The molecule has 4 nitrogen and oxygen atoms in total. The zero-order chi connectivity index (χ0) is 14.8. The lowest BCUT2D eigenvalue weighted by atomic mass is 9.68. The number of aromatic nitrogens is 2. The summed E-state index contributed by atoms with van der Waals surface area (Å²) >= 11 is 0. The van der Waals surface area contributed by atoms with Crippen LogP contribution in [0.4, 0.5) is 0 Å². The van der Waals surface area contributed by atoms with Crippen LogP contribution in [0.15, 0.2) is 12.4 Å². The molecule has 1 aromatic heterocycles. The maximum absolute atomic E-state index is 6.05. The van der Waals surface area contributed by atoms with E-state index < -0.39 is 0 Å². The lowest BCUT2D eigenvalue weighted by molar-refractivity contribution is -0.0896. The summed E-state index contributed by atoms with van der Waals surface area (Å²) in [5.74, 6) is 1.08. The van der Waals surface area contributed by atoms with Crippen molar-refractivity contribution in [3.63, 3.8) is 0 Å². The lowest BCUT2D eigenvalue weighted by Gasteiger charge is -2.46. The molecule has 1 aromatic rings. The van der Waals surface area contributed by atoms with Gasteiger partial charge in [-0.15, -0.1) is 0 Å². The van der Waals surface area contributed by atoms with Crippen molar-refractivity contribution in [3.8, 4) is 0 Å². The maximum atomic E-state index is 6.05. The van der Waals surface area contributed by atoms with Crippen LogP contribution in [-0.2, 0) is 11.8 Å². The molecule has 0 radical (unpaired) electrons. The van der Waals surface area contributed by atoms with Gasteiger partial charge in [-0.05, 0) is 37.6 Å². The van der Waals surface area contributed by atoms with E-state index in [1.54, 1.807) is 0 Å². The Labute approximate surface area is 122 Å². The van der Waals surface area contributed by atoms with E-state index in [2.05, 4.69) is 42.7 Å². The molecular formula is C16H29N3O. The summed E-state index contributed by atoms with van der Waals surface area (Å²) in [6.45, 7) is 7.78. The third kappa shape index (κ3) is 2.91. The minimum atomic E-state index is -0.134. The summed E-state index contributed by atoms with van der Waals surface area (Å²) in [6, 6.07) is 0.161. The predicted octanol–water partition coefficient (Wildman–Crippen LogP) is 3.06. The summed E-state index contributed by atoms with van der Waals surface area (Å²) in [6.07, 6.45) is 8.45. The highest BCUT2D eigenvalue weighted by Crippen LogP contribution is 2.47. The van der Waals surface area contributed by atoms with Crippen LogP contribution in [0.2, 0.25) is 0 Å². The third-order valence-electron chi connectivity index (χ3n) is 4.91. The molecule has 114 valence electrons. The SMILES string of the molecule is CCNC(c1nccn1C)C1(OC)CCC(C)(C)CC1. The zero-order valence-corrected chi connectivity index (χ0v) is 13.6. The number of aryl methyl sites for hydroxylation is 1. The van der Waals surface area contributed by atoms with Crippen LogP contribution in [0.5, 0.6) is 0 Å². The summed E-state index contributed by atoms with van der Waals surface area (Å²) in [7, 11) is 3.91. The Morgan fingerprint density at radius 2 is 2.00 bits per heavy atom. The van der Waals surface area contributed by atoms with Crippen molar-refractivity contribution < 1.29 is 4.74 Å². The molecule has 2 rings (SSSR count). The first-order valence-electron chi connectivity index (χ1n) is 7.70. The van der Waals surface area contributed by atoms with Gasteiger partial charge in [0.15, 0.2) is 0 Å². The Morgan fingerprint density at radius 1 is 1.35 bits per heavy atom. The first kappa shape index (κ1) is 15.5. The van der Waals surface area contributed by atoms with E-state index in [0.29, 0.717) is 5.41 Å². The standard InChI is InChI=1S/C16H29N3O/c1-6-17-13(14-18-11-12-19(14)4)16(20-5)9-7-15(2,3)8-10-16/h11-13,17H,6-10H2,1-5H3. The van der Waals surface area contributed by atoms with Crippen molar-refractivity contribution in [1.29, 1.82) is 0 Å². The normalized spacial score (nSPS) is 22.6. The number of hydrogen-bond acceptors (Lipinski definition) is 3. The first-order chi connectivity index (χ1) is 9.44. The highest BCUT2D eigenvalue weighted by atomic mass is 16.5. The highest BCUT2D eigenvalue weighted by molar-refractivity contribution is 5.10. The Bertz CT molecular complexity index is 429. The van der Waals surface area contributed by atoms with E-state index in [1.807, 2.05) is 19.5 Å². The molecule has 0 aliphatic heterocycles. The average molecular weight is 279 g/mol. The van der Waals surface area contributed by atoms with E-state index in [0.717, 1.165) is 25.2 Å². The minimum absolute atomic E-state index is 0.134. The van der Waals surface area contributed by atoms with Crippen LogP contribution in [0.3, 0.4) is 0 Å². The molecule has 1 heterocycles. The summed E-state index contributed by atoms with van der Waals surface area (Å²) in [5.41, 5.74) is 0.297. The van der Waals surface area contributed by atoms with Gasteiger partial charge >= 0.3 is 0 Å². The van der Waals surface area contributed by atoms with Crippen molar-refractivity contribution in [2.75, 3.05) is 13.7 Å². The molecule has 1 saturated carbocycles. The predicted molar refractivity (Wildman–Crippen MR) is 81.6 cm³/mol. The van der Waals surface area contributed by atoms with Crippen molar-refractivity contribution in [3.05, 3.63) is 18.2 Å². The van der Waals surface area contributed by atoms with Gasteiger partial charge in [-0.3, -0.25) is 0 Å². The number of nitrogens with one attached hydrogen (secondary N) is 1. The zero-order valence-electron chi connectivity index (χ0n) is 13.6. The largest absolute Gasteiger partial charge is 0.376 e. The maximum Gasteiger partial charge on any atom is 0.128 e. The summed E-state index contributed by atoms with van der Waals surface area (Å²) in [4.78, 5) is 4.56. The van der Waals surface area contributed by atoms with Crippen molar-refractivity contribution in [1.82, 2.24) is 14.9 Å². The molecular weight excluding hydrogens is 250 g/mol. The second-order valence-electron chi connectivity index (χ2n) is 6.82. The van der Waals surface area contributed by atoms with Gasteiger partial charge < -0.3 is 14.6 Å². The molecule has 0 amide bonds. The molecule has 0 saturated heterocycles. The van der Waals surface area contributed by atoms with Gasteiger partial charge in [-0.2, -0.15) is 0 Å². The molecule has 1 aliphatic rings. The smallest absolute Gasteiger partial charge is 0.128 e. The van der Waals surface area contributed by atoms with Crippen LogP contribution in [-0.4, -0.2) is 28.8 Å². The number of methoxy groups -OCH3 is 1. The van der Waals surface area contributed by atoms with Crippen LogP contribution >= 0.6 is 0 Å². The van der Waals surface area contributed by atoms with Crippen LogP contribution in [0.1, 0.15) is 58.3 Å². The first-order valence-corrected chi connectivity index (χ1v) is 7.70. The van der Waals surface area contributed by atoms with Gasteiger partial charge in [0.25, 0.3) is 0 Å². The fourth-order valence-corrected chi connectivity index (χ4v) is 3.33. The van der Waals surface area contributed by atoms with Gasteiger partial charge in [-0.1, -0.05) is 20.8 Å². The fourth-order valence-electron chi connectivity index (χ4n) is 3.33. The second kappa shape index (κ2) is 5.86. The molecule has 0 aromatic carbocycles. The number of nitrogens with zero attached hydrogens (tertiary/aromatic N) is 2. The van der Waals surface area contributed by atoms with E-state index in [9.17, 15) is 0 Å².